The highest BCUT2D eigenvalue weighted by molar-refractivity contribution is 5.80. The summed E-state index contributed by atoms with van der Waals surface area (Å²) in [6.45, 7) is 9.56. The van der Waals surface area contributed by atoms with Crippen LogP contribution in [0.15, 0.2) is 23.3 Å². The monoisotopic (exact) mass is 344 g/mol. The van der Waals surface area contributed by atoms with Gasteiger partial charge in [-0.05, 0) is 31.9 Å². The van der Waals surface area contributed by atoms with Crippen molar-refractivity contribution in [2.45, 2.75) is 26.3 Å². The molecule has 0 amide bonds. The van der Waals surface area contributed by atoms with Gasteiger partial charge in [-0.3, -0.25) is 4.99 Å². The van der Waals surface area contributed by atoms with Crippen LogP contribution in [0.4, 0.5) is 5.82 Å². The number of anilines is 1. The Balaban J connectivity index is 1.64. The molecule has 3 rings (SSSR count). The molecular formula is C19H32N6. The van der Waals surface area contributed by atoms with E-state index in [0.29, 0.717) is 0 Å². The van der Waals surface area contributed by atoms with E-state index < -0.39 is 0 Å². The zero-order valence-corrected chi connectivity index (χ0v) is 15.9. The molecule has 1 aromatic rings. The van der Waals surface area contributed by atoms with Crippen LogP contribution in [-0.2, 0) is 6.54 Å². The second kappa shape index (κ2) is 8.52. The number of piperidine rings is 1. The summed E-state index contributed by atoms with van der Waals surface area (Å²) in [6.07, 6.45) is 4.48. The van der Waals surface area contributed by atoms with Gasteiger partial charge in [-0.2, -0.15) is 0 Å². The summed E-state index contributed by atoms with van der Waals surface area (Å²) in [5.41, 5.74) is 1.25. The third-order valence-electron chi connectivity index (χ3n) is 5.28. The normalized spacial score (nSPS) is 23.0. The molecule has 0 bridgehead atoms. The van der Waals surface area contributed by atoms with Crippen molar-refractivity contribution in [1.82, 2.24) is 20.1 Å². The van der Waals surface area contributed by atoms with Crippen molar-refractivity contribution in [3.05, 3.63) is 23.9 Å². The predicted octanol–water partition coefficient (Wildman–Crippen LogP) is 1.64. The van der Waals surface area contributed by atoms with Gasteiger partial charge in [0.15, 0.2) is 5.96 Å². The first-order valence-corrected chi connectivity index (χ1v) is 9.50. The Bertz CT molecular complexity index is 579. The minimum atomic E-state index is 0.742. The standard InChI is InChI=1S/C19H32N6/c1-16-6-5-9-25(15-16)19(20-2)22-14-17-7-4-8-21-18(17)24-12-10-23(3)11-13-24/h4,7-8,16H,5-6,9-15H2,1-3H3,(H,20,22). The third-order valence-corrected chi connectivity index (χ3v) is 5.28. The number of likely N-dealkylation sites (tertiary alicyclic amines) is 1. The van der Waals surface area contributed by atoms with Crippen LogP contribution in [0.25, 0.3) is 0 Å². The Morgan fingerprint density at radius 2 is 2.08 bits per heavy atom. The lowest BCUT2D eigenvalue weighted by Crippen LogP contribution is -2.47. The Labute approximate surface area is 151 Å². The summed E-state index contributed by atoms with van der Waals surface area (Å²) in [5, 5.41) is 3.56. The highest BCUT2D eigenvalue weighted by atomic mass is 15.3. The minimum Gasteiger partial charge on any atom is -0.354 e. The number of likely N-dealkylation sites (N-methyl/N-ethyl adjacent to an activating group) is 1. The van der Waals surface area contributed by atoms with E-state index in [1.54, 1.807) is 0 Å². The number of aromatic nitrogens is 1. The molecular weight excluding hydrogens is 312 g/mol. The zero-order valence-electron chi connectivity index (χ0n) is 15.9. The number of hydrogen-bond donors (Lipinski definition) is 1. The van der Waals surface area contributed by atoms with E-state index in [9.17, 15) is 0 Å². The van der Waals surface area contributed by atoms with Crippen molar-refractivity contribution in [2.75, 3.05) is 58.3 Å². The Morgan fingerprint density at radius 3 is 2.80 bits per heavy atom. The van der Waals surface area contributed by atoms with E-state index in [-0.39, 0.29) is 0 Å². The van der Waals surface area contributed by atoms with Gasteiger partial charge in [0.05, 0.1) is 0 Å². The molecule has 0 aromatic carbocycles. The molecule has 1 unspecified atom stereocenters. The fraction of sp³-hybridized carbons (Fsp3) is 0.684. The van der Waals surface area contributed by atoms with Crippen molar-refractivity contribution in [3.8, 4) is 0 Å². The quantitative estimate of drug-likeness (QED) is 0.667. The molecule has 25 heavy (non-hydrogen) atoms. The number of hydrogen-bond acceptors (Lipinski definition) is 4. The Hall–Kier alpha value is -1.82. The average Bonchev–Trinajstić information content (AvgIpc) is 2.63. The van der Waals surface area contributed by atoms with Crippen molar-refractivity contribution in [1.29, 1.82) is 0 Å². The van der Waals surface area contributed by atoms with E-state index in [1.807, 2.05) is 19.3 Å². The molecule has 2 aliphatic rings. The van der Waals surface area contributed by atoms with Gasteiger partial charge in [0.1, 0.15) is 5.82 Å². The maximum absolute atomic E-state index is 4.67. The molecule has 138 valence electrons. The van der Waals surface area contributed by atoms with E-state index >= 15 is 0 Å². The number of nitrogens with one attached hydrogen (secondary N) is 1. The number of nitrogens with zero attached hydrogens (tertiary/aromatic N) is 5. The highest BCUT2D eigenvalue weighted by Gasteiger charge is 2.21. The first-order chi connectivity index (χ1) is 12.2. The molecule has 1 aromatic heterocycles. The van der Waals surface area contributed by atoms with Gasteiger partial charge in [0.25, 0.3) is 0 Å². The van der Waals surface area contributed by atoms with Gasteiger partial charge in [-0.25, -0.2) is 4.98 Å². The molecule has 1 atom stereocenters. The number of aliphatic imine (C=N–C) groups is 1. The molecule has 3 heterocycles. The lowest BCUT2D eigenvalue weighted by molar-refractivity contribution is 0.266. The lowest BCUT2D eigenvalue weighted by atomic mass is 10.0. The molecule has 6 nitrogen and oxygen atoms in total. The fourth-order valence-corrected chi connectivity index (χ4v) is 3.76. The molecule has 6 heteroatoms. The van der Waals surface area contributed by atoms with Crippen LogP contribution in [-0.4, -0.2) is 74.1 Å². The molecule has 2 saturated heterocycles. The lowest BCUT2D eigenvalue weighted by Gasteiger charge is -2.35. The topological polar surface area (TPSA) is 47.0 Å². The van der Waals surface area contributed by atoms with Gasteiger partial charge >= 0.3 is 0 Å². The van der Waals surface area contributed by atoms with Crippen molar-refractivity contribution in [2.24, 2.45) is 10.9 Å². The minimum absolute atomic E-state index is 0.742. The van der Waals surface area contributed by atoms with Gasteiger partial charge in [0.2, 0.25) is 0 Å². The number of piperazine rings is 1. The number of pyridine rings is 1. The number of guanidine groups is 1. The summed E-state index contributed by atoms with van der Waals surface area (Å²) < 4.78 is 0. The highest BCUT2D eigenvalue weighted by Crippen LogP contribution is 2.19. The van der Waals surface area contributed by atoms with Gasteiger partial charge in [-0.15, -0.1) is 0 Å². The van der Waals surface area contributed by atoms with Gasteiger partial charge in [-0.1, -0.05) is 13.0 Å². The predicted molar refractivity (Wildman–Crippen MR) is 104 cm³/mol. The summed E-state index contributed by atoms with van der Waals surface area (Å²) >= 11 is 0. The molecule has 0 saturated carbocycles. The van der Waals surface area contributed by atoms with Crippen molar-refractivity contribution >= 4 is 11.8 Å². The van der Waals surface area contributed by atoms with E-state index in [0.717, 1.165) is 63.5 Å². The Morgan fingerprint density at radius 1 is 1.28 bits per heavy atom. The summed E-state index contributed by atoms with van der Waals surface area (Å²) in [6, 6.07) is 4.21. The first kappa shape index (κ1) is 18.0. The van der Waals surface area contributed by atoms with Crippen molar-refractivity contribution < 1.29 is 0 Å². The van der Waals surface area contributed by atoms with Crippen LogP contribution in [0.3, 0.4) is 0 Å². The Kier molecular flexibility index (Phi) is 6.13. The fourth-order valence-electron chi connectivity index (χ4n) is 3.76. The van der Waals surface area contributed by atoms with Crippen LogP contribution >= 0.6 is 0 Å². The molecule has 0 aliphatic carbocycles. The maximum Gasteiger partial charge on any atom is 0.193 e. The average molecular weight is 345 g/mol. The SMILES string of the molecule is CN=C(NCc1cccnc1N1CCN(C)CC1)N1CCCC(C)C1. The number of rotatable bonds is 3. The van der Waals surface area contributed by atoms with E-state index in [1.165, 1.54) is 18.4 Å². The maximum atomic E-state index is 4.67. The second-order valence-electron chi connectivity index (χ2n) is 7.37. The molecule has 2 aliphatic heterocycles. The summed E-state index contributed by atoms with van der Waals surface area (Å²) in [5.74, 6) is 2.87. The van der Waals surface area contributed by atoms with E-state index in [4.69, 9.17) is 0 Å². The second-order valence-corrected chi connectivity index (χ2v) is 7.37. The van der Waals surface area contributed by atoms with Gasteiger partial charge < -0.3 is 20.0 Å². The van der Waals surface area contributed by atoms with Crippen LogP contribution < -0.4 is 10.2 Å². The molecule has 0 spiro atoms. The van der Waals surface area contributed by atoms with Crippen LogP contribution in [0.5, 0.6) is 0 Å². The van der Waals surface area contributed by atoms with Gasteiger partial charge in [0, 0.05) is 64.6 Å². The molecule has 1 N–H and O–H groups in total. The molecule has 2 fully saturated rings. The zero-order chi connectivity index (χ0) is 17.6. The smallest absolute Gasteiger partial charge is 0.193 e. The van der Waals surface area contributed by atoms with Crippen LogP contribution in [0.1, 0.15) is 25.3 Å². The van der Waals surface area contributed by atoms with Crippen molar-refractivity contribution in [3.63, 3.8) is 0 Å². The molecule has 0 radical (unpaired) electrons. The largest absolute Gasteiger partial charge is 0.354 e. The first-order valence-electron chi connectivity index (χ1n) is 9.50. The van der Waals surface area contributed by atoms with Crippen LogP contribution in [0, 0.1) is 5.92 Å². The summed E-state index contributed by atoms with van der Waals surface area (Å²) in [4.78, 5) is 16.3. The van der Waals surface area contributed by atoms with E-state index in [2.05, 4.69) is 50.0 Å². The third kappa shape index (κ3) is 4.63. The summed E-state index contributed by atoms with van der Waals surface area (Å²) in [7, 11) is 4.06. The van der Waals surface area contributed by atoms with Crippen LogP contribution in [0.2, 0.25) is 0 Å².